The Morgan fingerprint density at radius 3 is 2.36 bits per heavy atom. The molecule has 1 atom stereocenters. The average molecular weight is 637 g/mol. The number of allylic oxidation sites excluding steroid dienone is 2. The lowest BCUT2D eigenvalue weighted by Crippen LogP contribution is -2.33. The molecule has 1 aliphatic rings. The second-order valence-electron chi connectivity index (χ2n) is 9.44. The van der Waals surface area contributed by atoms with Crippen molar-refractivity contribution >= 4 is 35.3 Å². The number of ether oxygens (including phenoxy) is 3. The highest BCUT2D eigenvalue weighted by Crippen LogP contribution is 2.38. The van der Waals surface area contributed by atoms with Gasteiger partial charge in [0.15, 0.2) is 11.5 Å². The summed E-state index contributed by atoms with van der Waals surface area (Å²) in [5.74, 6) is 1.17. The van der Waals surface area contributed by atoms with Crippen molar-refractivity contribution < 1.29 is 37.7 Å². The summed E-state index contributed by atoms with van der Waals surface area (Å²) in [4.78, 5) is 34.6. The fourth-order valence-corrected chi connectivity index (χ4v) is 5.17. The molecule has 0 aliphatic carbocycles. The van der Waals surface area contributed by atoms with Crippen molar-refractivity contribution in [3.05, 3.63) is 106 Å². The van der Waals surface area contributed by atoms with E-state index in [9.17, 15) is 14.1 Å². The Hall–Kier alpha value is -4.45. The second kappa shape index (κ2) is 17.7. The third-order valence-corrected chi connectivity index (χ3v) is 7.57. The van der Waals surface area contributed by atoms with E-state index < -0.39 is 6.79 Å². The molecule has 4 rings (SSSR count). The van der Waals surface area contributed by atoms with Gasteiger partial charge in [0.05, 0.1) is 23.1 Å². The lowest BCUT2D eigenvalue weighted by atomic mass is 9.95. The van der Waals surface area contributed by atoms with E-state index in [0.29, 0.717) is 39.5 Å². The topological polar surface area (TPSA) is 99.8 Å². The van der Waals surface area contributed by atoms with Gasteiger partial charge in [0.25, 0.3) is 0 Å². The first-order valence-electron chi connectivity index (χ1n) is 14.1. The van der Waals surface area contributed by atoms with Gasteiger partial charge in [-0.2, -0.15) is 4.94 Å². The van der Waals surface area contributed by atoms with E-state index in [-0.39, 0.29) is 12.0 Å². The van der Waals surface area contributed by atoms with Gasteiger partial charge >= 0.3 is 5.97 Å². The summed E-state index contributed by atoms with van der Waals surface area (Å²) in [6, 6.07) is 17.5. The number of rotatable bonds is 12. The number of hydrogen-bond donors (Lipinski definition) is 0. The van der Waals surface area contributed by atoms with Crippen LogP contribution in [0.5, 0.6) is 5.75 Å². The molecule has 1 aromatic heterocycles. The summed E-state index contributed by atoms with van der Waals surface area (Å²) < 4.78 is 32.7. The van der Waals surface area contributed by atoms with Crippen molar-refractivity contribution in [3.8, 4) is 17.1 Å². The van der Waals surface area contributed by atoms with Crippen LogP contribution in [0, 0.1) is 0 Å². The predicted octanol–water partition coefficient (Wildman–Crippen LogP) is 7.79. The van der Waals surface area contributed by atoms with Gasteiger partial charge in [-0.1, -0.05) is 36.9 Å². The molecular formula is C34H37FN2O7S. The molecule has 0 radical (unpaired) electrons. The van der Waals surface area contributed by atoms with Crippen molar-refractivity contribution in [1.29, 1.82) is 0 Å². The zero-order chi connectivity index (χ0) is 32.8. The molecule has 2 aromatic carbocycles. The summed E-state index contributed by atoms with van der Waals surface area (Å²) >= 11 is 1.22. The molecule has 0 saturated carbocycles. The van der Waals surface area contributed by atoms with Crippen LogP contribution in [0.25, 0.3) is 17.4 Å². The first-order chi connectivity index (χ1) is 21.8. The van der Waals surface area contributed by atoms with Crippen LogP contribution in [0.2, 0.25) is 0 Å². The molecule has 3 aromatic rings. The normalized spacial score (nSPS) is 14.7. The molecule has 238 valence electrons. The van der Waals surface area contributed by atoms with Crippen molar-refractivity contribution in [2.45, 2.75) is 26.8 Å². The molecule has 45 heavy (non-hydrogen) atoms. The Kier molecular flexibility index (Phi) is 13.8. The highest BCUT2D eigenvalue weighted by molar-refractivity contribution is 8.17. The lowest BCUT2D eigenvalue weighted by Gasteiger charge is -2.35. The fourth-order valence-electron chi connectivity index (χ4n) is 4.30. The Balaban J connectivity index is 0.00000130. The number of likely N-dealkylation sites (N-methyl/N-ethyl adjacent to an activating group) is 1. The van der Waals surface area contributed by atoms with Crippen LogP contribution < -0.4 is 4.74 Å². The second-order valence-corrected chi connectivity index (χ2v) is 10.5. The van der Waals surface area contributed by atoms with Gasteiger partial charge < -0.3 is 23.5 Å². The van der Waals surface area contributed by atoms with Crippen molar-refractivity contribution in [3.63, 3.8) is 0 Å². The standard InChI is InChI=1S/C31H29FN2O6S.C3H8O/c1-5-27-20(3)33-31(34(4)29(27)22-11-13-24(14-12-22)38-19-39-32)41-26(18-35)17-25-15-16-28(40-25)21-7-9-23(10-8-21)30(36)37-6-2;1-3-4-2/h5,7-18,29H,1,6,19H2,2-4H3;3H2,1-2H3/b26-17+;. The number of hydrogen-bond acceptors (Lipinski definition) is 10. The van der Waals surface area contributed by atoms with Gasteiger partial charge in [-0.15, -0.1) is 0 Å². The molecule has 0 N–H and O–H groups in total. The number of esters is 1. The van der Waals surface area contributed by atoms with Crippen LogP contribution in [0.15, 0.2) is 98.9 Å². The zero-order valence-electron chi connectivity index (χ0n) is 25.9. The highest BCUT2D eigenvalue weighted by atomic mass is 32.2. The number of carbonyl (C=O) groups is 2. The first kappa shape index (κ1) is 35.0. The maximum Gasteiger partial charge on any atom is 0.338 e. The van der Waals surface area contributed by atoms with E-state index in [1.807, 2.05) is 37.9 Å². The summed E-state index contributed by atoms with van der Waals surface area (Å²) in [6.45, 7) is 10.2. The van der Waals surface area contributed by atoms with Crippen LogP contribution in [-0.4, -0.2) is 56.5 Å². The number of methoxy groups -OCH3 is 1. The monoisotopic (exact) mass is 636 g/mol. The Morgan fingerprint density at radius 2 is 1.78 bits per heavy atom. The fraction of sp³-hybridized carbons (Fsp3) is 0.265. The van der Waals surface area contributed by atoms with Crippen molar-refractivity contribution in [2.75, 3.05) is 34.2 Å². The van der Waals surface area contributed by atoms with Crippen molar-refractivity contribution in [2.24, 2.45) is 4.99 Å². The quantitative estimate of drug-likeness (QED) is 0.0854. The van der Waals surface area contributed by atoms with E-state index in [4.69, 9.17) is 18.9 Å². The molecule has 0 spiro atoms. The number of furan rings is 1. The number of thioether (sulfide) groups is 1. The number of aldehydes is 1. The zero-order valence-corrected chi connectivity index (χ0v) is 26.8. The third kappa shape index (κ3) is 9.52. The predicted molar refractivity (Wildman–Crippen MR) is 174 cm³/mol. The van der Waals surface area contributed by atoms with E-state index in [2.05, 4.69) is 16.3 Å². The summed E-state index contributed by atoms with van der Waals surface area (Å²) in [6.07, 6.45) is 4.18. The SMILES string of the molecule is C=CC1=C(C)N=C(S/C(C=O)=C/c2ccc(-c3ccc(C(=O)OCC)cc3)o2)N(C)C1c1ccc(OCOF)cc1.CCOC. The number of nitrogens with zero attached hydrogens (tertiary/aromatic N) is 2. The summed E-state index contributed by atoms with van der Waals surface area (Å²) in [5, 5.41) is 0.615. The Bertz CT molecular complexity index is 1530. The molecular weight excluding hydrogens is 599 g/mol. The minimum absolute atomic E-state index is 0.223. The molecule has 2 heterocycles. The molecule has 9 nitrogen and oxygen atoms in total. The number of benzene rings is 2. The third-order valence-electron chi connectivity index (χ3n) is 6.56. The highest BCUT2D eigenvalue weighted by Gasteiger charge is 2.29. The van der Waals surface area contributed by atoms with Gasteiger partial charge in [-0.05, 0) is 90.7 Å². The number of amidine groups is 1. The number of carbonyl (C=O) groups excluding carboxylic acids is 2. The largest absolute Gasteiger partial charge is 0.464 e. The number of aliphatic imine (C=N–C) groups is 1. The molecule has 11 heteroatoms. The lowest BCUT2D eigenvalue weighted by molar-refractivity contribution is -0.183. The van der Waals surface area contributed by atoms with Gasteiger partial charge in [0.2, 0.25) is 6.79 Å². The summed E-state index contributed by atoms with van der Waals surface area (Å²) in [5.41, 5.74) is 3.86. The first-order valence-corrected chi connectivity index (χ1v) is 14.9. The maximum atomic E-state index is 12.1. The molecule has 1 aliphatic heterocycles. The molecule has 1 unspecified atom stereocenters. The molecule has 0 bridgehead atoms. The van der Waals surface area contributed by atoms with Crippen molar-refractivity contribution in [1.82, 2.24) is 4.90 Å². The average Bonchev–Trinajstić information content (AvgIpc) is 3.53. The Morgan fingerprint density at radius 1 is 1.09 bits per heavy atom. The smallest absolute Gasteiger partial charge is 0.338 e. The van der Waals surface area contributed by atoms with E-state index >= 15 is 0 Å². The Labute approximate surface area is 266 Å². The van der Waals surface area contributed by atoms with Crippen LogP contribution in [0.3, 0.4) is 0 Å². The van der Waals surface area contributed by atoms with E-state index in [1.165, 1.54) is 11.8 Å². The van der Waals surface area contributed by atoms with Gasteiger partial charge in [0.1, 0.15) is 17.3 Å². The van der Waals surface area contributed by atoms with E-state index in [0.717, 1.165) is 35.3 Å². The maximum absolute atomic E-state index is 12.1. The van der Waals surface area contributed by atoms with Gasteiger partial charge in [-0.3, -0.25) is 4.79 Å². The van der Waals surface area contributed by atoms with Gasteiger partial charge in [-0.25, -0.2) is 9.79 Å². The van der Waals surface area contributed by atoms with Crippen LogP contribution in [0.4, 0.5) is 4.53 Å². The minimum Gasteiger partial charge on any atom is -0.464 e. The van der Waals surface area contributed by atoms with Crippen LogP contribution in [0.1, 0.15) is 48.5 Å². The molecule has 0 amide bonds. The minimum atomic E-state index is -0.493. The molecule has 0 fully saturated rings. The summed E-state index contributed by atoms with van der Waals surface area (Å²) in [7, 11) is 3.57. The molecule has 0 saturated heterocycles. The number of halogens is 1. The van der Waals surface area contributed by atoms with Crippen LogP contribution in [-0.2, 0) is 19.2 Å². The van der Waals surface area contributed by atoms with E-state index in [1.54, 1.807) is 74.7 Å². The van der Waals surface area contributed by atoms with Gasteiger partial charge in [0, 0.05) is 32.0 Å². The van der Waals surface area contributed by atoms with Crippen LogP contribution >= 0.6 is 11.8 Å².